The molecule has 0 spiro atoms. The molecule has 0 aliphatic carbocycles. The van der Waals surface area contributed by atoms with Crippen LogP contribution in [0.4, 0.5) is 10.1 Å². The Balaban J connectivity index is 1.44. The Labute approximate surface area is 228 Å². The first-order valence-corrected chi connectivity index (χ1v) is 13.8. The van der Waals surface area contributed by atoms with Crippen molar-refractivity contribution in [1.82, 2.24) is 15.0 Å². The van der Waals surface area contributed by atoms with Crippen LogP contribution < -0.4 is 5.32 Å². The lowest BCUT2D eigenvalue weighted by atomic mass is 10.1. The first kappa shape index (κ1) is 25.2. The van der Waals surface area contributed by atoms with Crippen LogP contribution >= 0.6 is 46.5 Å². The monoisotopic (exact) mass is 563 g/mol. The molecule has 0 atom stereocenters. The third-order valence-corrected chi connectivity index (χ3v) is 8.23. The third kappa shape index (κ3) is 5.92. The van der Waals surface area contributed by atoms with Gasteiger partial charge in [0.1, 0.15) is 22.5 Å². The Morgan fingerprint density at radius 1 is 1.05 bits per heavy atom. The van der Waals surface area contributed by atoms with Crippen molar-refractivity contribution < 1.29 is 9.18 Å². The molecule has 0 aliphatic rings. The van der Waals surface area contributed by atoms with Crippen molar-refractivity contribution in [1.29, 1.82) is 5.26 Å². The number of anilines is 1. The number of rotatable bonds is 7. The molecule has 11 heteroatoms. The molecule has 1 amide bonds. The summed E-state index contributed by atoms with van der Waals surface area (Å²) in [5.74, 6) is -0.894. The average molecular weight is 564 g/mol. The summed E-state index contributed by atoms with van der Waals surface area (Å²) in [5, 5.41) is 13.4. The van der Waals surface area contributed by atoms with E-state index < -0.39 is 5.82 Å². The predicted octanol–water partition coefficient (Wildman–Crippen LogP) is 7.30. The summed E-state index contributed by atoms with van der Waals surface area (Å²) in [7, 11) is 0. The number of para-hydroxylation sites is 1. The number of carbonyl (C=O) groups is 1. The molecule has 37 heavy (non-hydrogen) atoms. The molecule has 1 N–H and O–H groups in total. The molecule has 182 valence electrons. The summed E-state index contributed by atoms with van der Waals surface area (Å²) in [6.07, 6.45) is 0. The predicted molar refractivity (Wildman–Crippen MR) is 147 cm³/mol. The van der Waals surface area contributed by atoms with Crippen LogP contribution in [-0.2, 0) is 4.79 Å². The number of nitriles is 1. The topological polar surface area (TPSA) is 91.6 Å². The SMILES string of the molecule is N#Cc1c(Sc2nc3ccccc3s2)nc(SCC(=O)Nc2ccc(F)c(Cl)c2)nc1-c1ccccc1. The fourth-order valence-electron chi connectivity index (χ4n) is 3.34. The highest BCUT2D eigenvalue weighted by atomic mass is 35.5. The van der Waals surface area contributed by atoms with Crippen molar-refractivity contribution in [3.8, 4) is 17.3 Å². The summed E-state index contributed by atoms with van der Waals surface area (Å²) in [6.45, 7) is 0. The lowest BCUT2D eigenvalue weighted by Crippen LogP contribution is -2.14. The molecule has 0 bridgehead atoms. The number of thiazole rings is 1. The van der Waals surface area contributed by atoms with Gasteiger partial charge in [-0.3, -0.25) is 4.79 Å². The summed E-state index contributed by atoms with van der Waals surface area (Å²) >= 11 is 9.74. The number of carbonyl (C=O) groups excluding carboxylic acids is 1. The maximum absolute atomic E-state index is 13.4. The van der Waals surface area contributed by atoms with Crippen LogP contribution in [0.2, 0.25) is 5.02 Å². The molecule has 0 saturated heterocycles. The van der Waals surface area contributed by atoms with Gasteiger partial charge in [-0.15, -0.1) is 11.3 Å². The van der Waals surface area contributed by atoms with Gasteiger partial charge in [0.05, 0.1) is 26.7 Å². The minimum absolute atomic E-state index is 0.000367. The lowest BCUT2D eigenvalue weighted by molar-refractivity contribution is -0.113. The van der Waals surface area contributed by atoms with E-state index in [0.717, 1.165) is 31.9 Å². The second-order valence-corrected chi connectivity index (χ2v) is 11.1. The zero-order chi connectivity index (χ0) is 25.8. The van der Waals surface area contributed by atoms with Crippen molar-refractivity contribution in [3.63, 3.8) is 0 Å². The summed E-state index contributed by atoms with van der Waals surface area (Å²) in [5.41, 5.74) is 2.84. The van der Waals surface area contributed by atoms with Crippen LogP contribution in [0.1, 0.15) is 5.56 Å². The van der Waals surface area contributed by atoms with Crippen LogP contribution in [0.25, 0.3) is 21.5 Å². The Bertz CT molecular complexity index is 1620. The first-order chi connectivity index (χ1) is 18.0. The number of hydrogen-bond acceptors (Lipinski definition) is 8. The van der Waals surface area contributed by atoms with Crippen LogP contribution in [-0.4, -0.2) is 26.6 Å². The fraction of sp³-hybridized carbons (Fsp3) is 0.0385. The van der Waals surface area contributed by atoms with Crippen molar-refractivity contribution in [2.24, 2.45) is 0 Å². The Hall–Kier alpha value is -3.49. The molecular weight excluding hydrogens is 549 g/mol. The molecule has 5 aromatic rings. The van der Waals surface area contributed by atoms with Gasteiger partial charge in [0.2, 0.25) is 5.91 Å². The Morgan fingerprint density at radius 3 is 2.59 bits per heavy atom. The molecule has 0 aliphatic heterocycles. The molecule has 0 radical (unpaired) electrons. The van der Waals surface area contributed by atoms with Crippen LogP contribution in [0, 0.1) is 17.1 Å². The smallest absolute Gasteiger partial charge is 0.234 e. The van der Waals surface area contributed by atoms with Gasteiger partial charge in [-0.05, 0) is 42.1 Å². The molecule has 0 fully saturated rings. The van der Waals surface area contributed by atoms with E-state index in [-0.39, 0.29) is 16.7 Å². The van der Waals surface area contributed by atoms with E-state index in [9.17, 15) is 14.4 Å². The summed E-state index contributed by atoms with van der Waals surface area (Å²) in [4.78, 5) is 26.4. The number of fused-ring (bicyclic) bond motifs is 1. The van der Waals surface area contributed by atoms with Gasteiger partial charge >= 0.3 is 0 Å². The van der Waals surface area contributed by atoms with Gasteiger partial charge in [-0.2, -0.15) is 5.26 Å². The number of hydrogen-bond donors (Lipinski definition) is 1. The van der Waals surface area contributed by atoms with Crippen molar-refractivity contribution in [2.45, 2.75) is 14.5 Å². The number of benzene rings is 3. The Kier molecular flexibility index (Phi) is 7.67. The van der Waals surface area contributed by atoms with E-state index in [1.807, 2.05) is 54.6 Å². The minimum atomic E-state index is -0.563. The maximum atomic E-state index is 13.4. The number of thioether (sulfide) groups is 1. The van der Waals surface area contributed by atoms with E-state index in [1.165, 1.54) is 41.3 Å². The molecule has 2 heterocycles. The zero-order valence-electron chi connectivity index (χ0n) is 18.8. The van der Waals surface area contributed by atoms with Crippen molar-refractivity contribution in [2.75, 3.05) is 11.1 Å². The number of aromatic nitrogens is 3. The second kappa shape index (κ2) is 11.3. The highest BCUT2D eigenvalue weighted by Gasteiger charge is 2.19. The molecule has 6 nitrogen and oxygen atoms in total. The lowest BCUT2D eigenvalue weighted by Gasteiger charge is -2.10. The van der Waals surface area contributed by atoms with Crippen LogP contribution in [0.5, 0.6) is 0 Å². The Morgan fingerprint density at radius 2 is 1.84 bits per heavy atom. The minimum Gasteiger partial charge on any atom is -0.325 e. The zero-order valence-corrected chi connectivity index (χ0v) is 22.0. The van der Waals surface area contributed by atoms with E-state index in [1.54, 1.807) is 0 Å². The van der Waals surface area contributed by atoms with E-state index in [2.05, 4.69) is 26.3 Å². The van der Waals surface area contributed by atoms with Crippen LogP contribution in [0.15, 0.2) is 87.3 Å². The number of halogens is 2. The molecule has 5 rings (SSSR count). The van der Waals surface area contributed by atoms with Crippen LogP contribution in [0.3, 0.4) is 0 Å². The molecule has 2 aromatic heterocycles. The number of amides is 1. The first-order valence-electron chi connectivity index (χ1n) is 10.8. The van der Waals surface area contributed by atoms with Crippen molar-refractivity contribution in [3.05, 3.63) is 89.2 Å². The van der Waals surface area contributed by atoms with Gasteiger partial charge in [0, 0.05) is 11.3 Å². The van der Waals surface area contributed by atoms with Gasteiger partial charge in [0.15, 0.2) is 9.50 Å². The molecule has 3 aromatic carbocycles. The van der Waals surface area contributed by atoms with E-state index in [4.69, 9.17) is 11.6 Å². The molecule has 0 saturated carbocycles. The molecule has 0 unspecified atom stereocenters. The highest BCUT2D eigenvalue weighted by Crippen LogP contribution is 2.38. The van der Waals surface area contributed by atoms with E-state index in [0.29, 0.717) is 27.1 Å². The maximum Gasteiger partial charge on any atom is 0.234 e. The van der Waals surface area contributed by atoms with Gasteiger partial charge in [-0.25, -0.2) is 19.3 Å². The highest BCUT2D eigenvalue weighted by molar-refractivity contribution is 8.01. The number of nitrogens with one attached hydrogen (secondary N) is 1. The average Bonchev–Trinajstić information content (AvgIpc) is 3.32. The van der Waals surface area contributed by atoms with E-state index >= 15 is 0 Å². The molecular formula is C26H15ClFN5OS3. The normalized spacial score (nSPS) is 10.8. The largest absolute Gasteiger partial charge is 0.325 e. The van der Waals surface area contributed by atoms with Gasteiger partial charge in [-0.1, -0.05) is 65.8 Å². The second-order valence-electron chi connectivity index (χ2n) is 7.53. The fourth-order valence-corrected chi connectivity index (χ4v) is 6.28. The summed E-state index contributed by atoms with van der Waals surface area (Å²) in [6, 6.07) is 23.4. The standard InChI is InChI=1S/C26H15ClFN5OS3/c27-18-12-16(10-11-19(18)28)30-22(34)14-35-25-32-23(15-6-2-1-3-7-15)17(13-29)24(33-25)37-26-31-20-8-4-5-9-21(20)36-26/h1-12H,14H2,(H,30,34). The van der Waals surface area contributed by atoms with Gasteiger partial charge in [0.25, 0.3) is 0 Å². The quantitative estimate of drug-likeness (QED) is 0.126. The van der Waals surface area contributed by atoms with Gasteiger partial charge < -0.3 is 5.32 Å². The summed E-state index contributed by atoms with van der Waals surface area (Å²) < 4.78 is 15.2. The third-order valence-electron chi connectivity index (χ3n) is 5.01. The van der Waals surface area contributed by atoms with Crippen molar-refractivity contribution >= 4 is 68.3 Å². The number of nitrogens with zero attached hydrogens (tertiary/aromatic N) is 4.